The zero-order chi connectivity index (χ0) is 20.1. The van der Waals surface area contributed by atoms with Crippen molar-refractivity contribution < 1.29 is 0 Å². The molecular formula is C21H16ClN5S2. The summed E-state index contributed by atoms with van der Waals surface area (Å²) in [5.41, 5.74) is 2.70. The van der Waals surface area contributed by atoms with E-state index in [4.69, 9.17) is 23.8 Å². The molecule has 0 amide bonds. The molecule has 0 bridgehead atoms. The van der Waals surface area contributed by atoms with Crippen molar-refractivity contribution in [3.8, 4) is 5.69 Å². The van der Waals surface area contributed by atoms with Crippen LogP contribution in [0.3, 0.4) is 0 Å². The minimum atomic E-state index is 0.340. The maximum atomic E-state index is 5.93. The first kappa shape index (κ1) is 19.3. The van der Waals surface area contributed by atoms with Gasteiger partial charge in [-0.25, -0.2) is 0 Å². The second kappa shape index (κ2) is 9.00. The lowest BCUT2D eigenvalue weighted by molar-refractivity contribution is 1.00. The third-order valence-electron chi connectivity index (χ3n) is 3.95. The third kappa shape index (κ3) is 4.89. The average molecular weight is 438 g/mol. The zero-order valence-corrected chi connectivity index (χ0v) is 17.5. The number of nitrogens with zero attached hydrogens (tertiary/aromatic N) is 3. The quantitative estimate of drug-likeness (QED) is 0.406. The van der Waals surface area contributed by atoms with Gasteiger partial charge in [0.05, 0.1) is 5.69 Å². The Kier molecular flexibility index (Phi) is 6.00. The number of halogens is 1. The van der Waals surface area contributed by atoms with Gasteiger partial charge in [-0.15, -0.1) is 0 Å². The van der Waals surface area contributed by atoms with Gasteiger partial charge in [0, 0.05) is 27.9 Å². The van der Waals surface area contributed by atoms with Crippen molar-refractivity contribution in [3.63, 3.8) is 0 Å². The van der Waals surface area contributed by atoms with E-state index in [1.807, 2.05) is 77.4 Å². The monoisotopic (exact) mass is 437 g/mol. The van der Waals surface area contributed by atoms with Crippen LogP contribution in [0.25, 0.3) is 5.69 Å². The van der Waals surface area contributed by atoms with Crippen molar-refractivity contribution in [1.29, 1.82) is 0 Å². The van der Waals surface area contributed by atoms with Crippen molar-refractivity contribution >= 4 is 57.8 Å². The molecule has 0 spiro atoms. The van der Waals surface area contributed by atoms with E-state index in [9.17, 15) is 0 Å². The number of benzene rings is 3. The molecule has 4 rings (SSSR count). The van der Waals surface area contributed by atoms with E-state index in [0.29, 0.717) is 20.9 Å². The van der Waals surface area contributed by atoms with Gasteiger partial charge < -0.3 is 10.6 Å². The Hall–Kier alpha value is -3.00. The molecule has 0 aliphatic heterocycles. The van der Waals surface area contributed by atoms with Crippen LogP contribution in [0.1, 0.15) is 0 Å². The van der Waals surface area contributed by atoms with Crippen LogP contribution in [0.4, 0.5) is 17.3 Å². The normalized spacial score (nSPS) is 11.3. The van der Waals surface area contributed by atoms with Crippen LogP contribution in [0, 0.1) is 0 Å². The molecule has 8 heteroatoms. The molecule has 4 aromatic rings. The molecule has 3 aromatic carbocycles. The Labute approximate surface area is 182 Å². The summed E-state index contributed by atoms with van der Waals surface area (Å²) < 4.78 is 6.49. The maximum Gasteiger partial charge on any atom is 0.225 e. The molecule has 0 unspecified atom stereocenters. The van der Waals surface area contributed by atoms with Crippen LogP contribution in [0.15, 0.2) is 89.9 Å². The van der Waals surface area contributed by atoms with E-state index in [1.165, 1.54) is 11.5 Å². The van der Waals surface area contributed by atoms with Gasteiger partial charge in [-0.1, -0.05) is 48.0 Å². The van der Waals surface area contributed by atoms with Crippen LogP contribution in [0.2, 0.25) is 5.02 Å². The molecule has 1 aromatic heterocycles. The smallest absolute Gasteiger partial charge is 0.225 e. The minimum absolute atomic E-state index is 0.340. The van der Waals surface area contributed by atoms with Crippen LogP contribution >= 0.6 is 35.4 Å². The first-order valence-corrected chi connectivity index (χ1v) is 10.3. The molecule has 0 saturated heterocycles. The highest BCUT2D eigenvalue weighted by Gasteiger charge is 2.10. The number of rotatable bonds is 4. The zero-order valence-electron chi connectivity index (χ0n) is 15.1. The number of nitrogens with one attached hydrogen (secondary N) is 2. The van der Waals surface area contributed by atoms with Gasteiger partial charge in [-0.2, -0.15) is 9.37 Å². The largest absolute Gasteiger partial charge is 0.331 e. The lowest BCUT2D eigenvalue weighted by Crippen LogP contribution is -2.19. The summed E-state index contributed by atoms with van der Waals surface area (Å²) >= 11 is 12.6. The summed E-state index contributed by atoms with van der Waals surface area (Å²) in [7, 11) is 0. The summed E-state index contributed by atoms with van der Waals surface area (Å²) in [6, 6.07) is 27.1. The number of thiocarbonyl (C=S) groups is 1. The van der Waals surface area contributed by atoms with Crippen molar-refractivity contribution in [2.24, 2.45) is 4.99 Å². The maximum absolute atomic E-state index is 5.93. The van der Waals surface area contributed by atoms with Gasteiger partial charge in [0.25, 0.3) is 0 Å². The molecule has 2 N–H and O–H groups in total. The van der Waals surface area contributed by atoms with Crippen LogP contribution in [-0.2, 0) is 0 Å². The first-order valence-electron chi connectivity index (χ1n) is 8.76. The van der Waals surface area contributed by atoms with Crippen LogP contribution < -0.4 is 15.4 Å². The van der Waals surface area contributed by atoms with E-state index < -0.39 is 0 Å². The lowest BCUT2D eigenvalue weighted by Gasteiger charge is -2.09. The number of anilines is 3. The molecule has 0 radical (unpaired) electrons. The molecule has 0 aliphatic carbocycles. The molecule has 0 saturated carbocycles. The van der Waals surface area contributed by atoms with Gasteiger partial charge in [-0.05, 0) is 60.7 Å². The second-order valence-corrected chi connectivity index (χ2v) is 7.55. The number of hydrogen-bond donors (Lipinski definition) is 2. The Balaban J connectivity index is 1.70. The fourth-order valence-corrected chi connectivity index (χ4v) is 3.73. The van der Waals surface area contributed by atoms with Crippen LogP contribution in [0.5, 0.6) is 0 Å². The average Bonchev–Trinajstić information content (AvgIpc) is 3.13. The standard InChI is InChI=1S/C21H16ClN5S2/c22-15-11-13-17(14-12-15)24-20(28)25-21-27(18-9-5-2-6-10-18)19(26-29-21)23-16-7-3-1-4-8-16/h1-14H,(H,23,26)(H,24,28)/b25-21-. The van der Waals surface area contributed by atoms with Crippen molar-refractivity contribution in [1.82, 2.24) is 8.94 Å². The topological polar surface area (TPSA) is 54.2 Å². The van der Waals surface area contributed by atoms with E-state index in [0.717, 1.165) is 17.1 Å². The Morgan fingerprint density at radius 1 is 0.897 bits per heavy atom. The Morgan fingerprint density at radius 2 is 1.55 bits per heavy atom. The van der Waals surface area contributed by atoms with Crippen molar-refractivity contribution in [2.75, 3.05) is 10.6 Å². The molecule has 0 aliphatic rings. The minimum Gasteiger partial charge on any atom is -0.331 e. The third-order valence-corrected chi connectivity index (χ3v) is 5.10. The van der Waals surface area contributed by atoms with E-state index in [1.54, 1.807) is 12.1 Å². The first-order chi connectivity index (χ1) is 14.2. The van der Waals surface area contributed by atoms with Crippen LogP contribution in [-0.4, -0.2) is 14.1 Å². The highest BCUT2D eigenvalue weighted by atomic mass is 35.5. The molecule has 1 heterocycles. The number of hydrogen-bond acceptors (Lipinski definition) is 4. The van der Waals surface area contributed by atoms with Gasteiger partial charge in [0.2, 0.25) is 10.7 Å². The summed E-state index contributed by atoms with van der Waals surface area (Å²) in [6.45, 7) is 0. The Morgan fingerprint density at radius 3 is 2.24 bits per heavy atom. The number of aromatic nitrogens is 2. The molecule has 144 valence electrons. The van der Waals surface area contributed by atoms with E-state index in [-0.39, 0.29) is 0 Å². The fourth-order valence-electron chi connectivity index (χ4n) is 2.64. The van der Waals surface area contributed by atoms with Crippen molar-refractivity contribution in [2.45, 2.75) is 0 Å². The lowest BCUT2D eigenvalue weighted by atomic mass is 10.3. The predicted octanol–water partition coefficient (Wildman–Crippen LogP) is 5.63. The highest BCUT2D eigenvalue weighted by molar-refractivity contribution is 7.80. The summed E-state index contributed by atoms with van der Waals surface area (Å²) in [5.74, 6) is 0.667. The summed E-state index contributed by atoms with van der Waals surface area (Å²) in [5, 5.41) is 7.46. The molecule has 29 heavy (non-hydrogen) atoms. The Bertz CT molecular complexity index is 1170. The van der Waals surface area contributed by atoms with Gasteiger partial charge in [0.15, 0.2) is 5.11 Å². The summed E-state index contributed by atoms with van der Waals surface area (Å²) in [4.78, 5) is 5.24. The SMILES string of the molecule is S=C(/N=c1\snc(Nc2ccccc2)n1-c1ccccc1)Nc1ccc(Cl)cc1. The highest BCUT2D eigenvalue weighted by Crippen LogP contribution is 2.18. The molecule has 0 fully saturated rings. The second-order valence-electron chi connectivity index (χ2n) is 6.00. The van der Waals surface area contributed by atoms with Gasteiger partial charge in [-0.3, -0.25) is 4.57 Å². The fraction of sp³-hybridized carbons (Fsp3) is 0. The predicted molar refractivity (Wildman–Crippen MR) is 124 cm³/mol. The molecular weight excluding hydrogens is 422 g/mol. The molecule has 0 atom stereocenters. The van der Waals surface area contributed by atoms with Crippen molar-refractivity contribution in [3.05, 3.63) is 94.8 Å². The van der Waals surface area contributed by atoms with Gasteiger partial charge >= 0.3 is 0 Å². The van der Waals surface area contributed by atoms with E-state index >= 15 is 0 Å². The van der Waals surface area contributed by atoms with E-state index in [2.05, 4.69) is 20.0 Å². The van der Waals surface area contributed by atoms with Gasteiger partial charge in [0.1, 0.15) is 0 Å². The number of para-hydroxylation sites is 2. The molecule has 5 nitrogen and oxygen atoms in total. The summed E-state index contributed by atoms with van der Waals surface area (Å²) in [6.07, 6.45) is 0.